The molecular formula is C11H10N4O. The molecule has 80 valence electrons. The van der Waals surface area contributed by atoms with Crippen molar-refractivity contribution in [2.45, 2.75) is 6.54 Å². The number of H-pyrrole nitrogens is 1. The number of imidazole rings is 1. The molecule has 0 saturated heterocycles. The van der Waals surface area contributed by atoms with Crippen molar-refractivity contribution in [2.75, 3.05) is 6.54 Å². The normalized spacial score (nSPS) is 14.9. The molecule has 0 radical (unpaired) electrons. The van der Waals surface area contributed by atoms with Crippen LogP contribution in [0.1, 0.15) is 16.2 Å². The number of aromatic amines is 1. The lowest BCUT2D eigenvalue weighted by Gasteiger charge is -2.08. The van der Waals surface area contributed by atoms with E-state index in [9.17, 15) is 4.79 Å². The average Bonchev–Trinajstić information content (AvgIpc) is 2.76. The molecule has 1 aliphatic heterocycles. The molecule has 5 heteroatoms. The fourth-order valence-corrected chi connectivity index (χ4v) is 1.79. The second kappa shape index (κ2) is 3.53. The number of nitrogens with zero attached hydrogens (tertiary/aromatic N) is 2. The van der Waals surface area contributed by atoms with Crippen molar-refractivity contribution >= 4 is 5.78 Å². The van der Waals surface area contributed by atoms with E-state index in [1.165, 1.54) is 0 Å². The van der Waals surface area contributed by atoms with Gasteiger partial charge in [0.15, 0.2) is 5.78 Å². The minimum atomic E-state index is 0.0349. The zero-order chi connectivity index (χ0) is 11.0. The third kappa shape index (κ3) is 1.42. The molecule has 2 N–H and O–H groups in total. The van der Waals surface area contributed by atoms with Gasteiger partial charge in [-0.2, -0.15) is 0 Å². The second-order valence-electron chi connectivity index (χ2n) is 3.68. The first kappa shape index (κ1) is 9.23. The molecule has 2 aromatic heterocycles. The zero-order valence-corrected chi connectivity index (χ0v) is 8.53. The van der Waals surface area contributed by atoms with Crippen LogP contribution < -0.4 is 5.32 Å². The fourth-order valence-electron chi connectivity index (χ4n) is 1.79. The van der Waals surface area contributed by atoms with Gasteiger partial charge >= 0.3 is 0 Å². The molecule has 0 fully saturated rings. The van der Waals surface area contributed by atoms with Crippen LogP contribution in [-0.4, -0.2) is 27.3 Å². The monoisotopic (exact) mass is 214 g/mol. The van der Waals surface area contributed by atoms with Crippen LogP contribution in [0.25, 0.3) is 11.4 Å². The number of rotatable bonds is 1. The Balaban J connectivity index is 2.08. The Hall–Kier alpha value is -2.01. The third-order valence-electron chi connectivity index (χ3n) is 2.57. The summed E-state index contributed by atoms with van der Waals surface area (Å²) in [6.45, 7) is 1.03. The number of Topliss-reactive ketones (excluding diaryl/α,β-unsaturated/α-hetero) is 1. The third-order valence-corrected chi connectivity index (χ3v) is 2.57. The highest BCUT2D eigenvalue weighted by Gasteiger charge is 2.21. The van der Waals surface area contributed by atoms with Gasteiger partial charge in [-0.1, -0.05) is 0 Å². The number of aromatic nitrogens is 3. The van der Waals surface area contributed by atoms with E-state index in [0.29, 0.717) is 24.6 Å². The summed E-state index contributed by atoms with van der Waals surface area (Å²) < 4.78 is 0. The van der Waals surface area contributed by atoms with Gasteiger partial charge in [-0.3, -0.25) is 9.78 Å². The number of carbonyl (C=O) groups is 1. The van der Waals surface area contributed by atoms with E-state index in [-0.39, 0.29) is 5.78 Å². The maximum atomic E-state index is 11.6. The minimum Gasteiger partial charge on any atom is -0.340 e. The van der Waals surface area contributed by atoms with Crippen LogP contribution in [0, 0.1) is 0 Å². The quantitative estimate of drug-likeness (QED) is 0.735. The van der Waals surface area contributed by atoms with Gasteiger partial charge < -0.3 is 10.3 Å². The van der Waals surface area contributed by atoms with Gasteiger partial charge in [-0.05, 0) is 12.1 Å². The van der Waals surface area contributed by atoms with Gasteiger partial charge in [0.1, 0.15) is 11.5 Å². The molecule has 3 rings (SSSR count). The van der Waals surface area contributed by atoms with Crippen LogP contribution in [0.15, 0.2) is 24.5 Å². The molecule has 0 spiro atoms. The summed E-state index contributed by atoms with van der Waals surface area (Å²) in [5.41, 5.74) is 2.30. The number of nitrogens with one attached hydrogen (secondary N) is 2. The summed E-state index contributed by atoms with van der Waals surface area (Å²) in [5.74, 6) is 0.739. The number of carbonyl (C=O) groups excluding carboxylic acids is 1. The largest absolute Gasteiger partial charge is 0.340 e. The van der Waals surface area contributed by atoms with Crippen molar-refractivity contribution in [3.05, 3.63) is 35.9 Å². The van der Waals surface area contributed by atoms with Crippen molar-refractivity contribution in [3.63, 3.8) is 0 Å². The fraction of sp³-hybridized carbons (Fsp3) is 0.182. The maximum Gasteiger partial charge on any atom is 0.196 e. The summed E-state index contributed by atoms with van der Waals surface area (Å²) in [6.07, 6.45) is 3.43. The first-order valence-electron chi connectivity index (χ1n) is 5.08. The van der Waals surface area contributed by atoms with Gasteiger partial charge in [0.2, 0.25) is 0 Å². The predicted molar refractivity (Wildman–Crippen MR) is 57.9 cm³/mol. The Morgan fingerprint density at radius 2 is 2.25 bits per heavy atom. The molecule has 2 aromatic rings. The van der Waals surface area contributed by atoms with Gasteiger partial charge in [0.25, 0.3) is 0 Å². The van der Waals surface area contributed by atoms with E-state index >= 15 is 0 Å². The van der Waals surface area contributed by atoms with E-state index in [0.717, 1.165) is 11.3 Å². The number of hydrogen-bond acceptors (Lipinski definition) is 4. The Morgan fingerprint density at radius 1 is 1.31 bits per heavy atom. The maximum absolute atomic E-state index is 11.6. The standard InChI is InChI=1S/C11H10N4O/c16-9-6-13-5-8-10(9)15-11(14-8)7-2-1-3-12-4-7/h1-4,13H,5-6H2,(H,14,15). The van der Waals surface area contributed by atoms with E-state index in [2.05, 4.69) is 20.3 Å². The highest BCUT2D eigenvalue weighted by molar-refractivity contribution is 5.98. The van der Waals surface area contributed by atoms with Crippen LogP contribution in [0.2, 0.25) is 0 Å². The smallest absolute Gasteiger partial charge is 0.196 e. The van der Waals surface area contributed by atoms with Gasteiger partial charge in [0, 0.05) is 24.5 Å². The Morgan fingerprint density at radius 3 is 3.00 bits per heavy atom. The highest BCUT2D eigenvalue weighted by Crippen LogP contribution is 2.18. The van der Waals surface area contributed by atoms with Crippen molar-refractivity contribution < 1.29 is 4.79 Å². The summed E-state index contributed by atoms with van der Waals surface area (Å²) in [7, 11) is 0. The van der Waals surface area contributed by atoms with Crippen LogP contribution in [-0.2, 0) is 6.54 Å². The first-order valence-corrected chi connectivity index (χ1v) is 5.08. The van der Waals surface area contributed by atoms with E-state index in [1.54, 1.807) is 12.4 Å². The minimum absolute atomic E-state index is 0.0349. The molecular weight excluding hydrogens is 204 g/mol. The molecule has 0 bridgehead atoms. The molecule has 0 aromatic carbocycles. The number of fused-ring (bicyclic) bond motifs is 1. The van der Waals surface area contributed by atoms with E-state index < -0.39 is 0 Å². The SMILES string of the molecule is O=C1CNCc2[nH]c(-c3cccnc3)nc21. The molecule has 0 aliphatic carbocycles. The van der Waals surface area contributed by atoms with Crippen molar-refractivity contribution in [1.82, 2.24) is 20.3 Å². The Kier molecular flexibility index (Phi) is 2.04. The van der Waals surface area contributed by atoms with Gasteiger partial charge in [-0.25, -0.2) is 4.98 Å². The number of ketones is 1. The predicted octanol–water partition coefficient (Wildman–Crippen LogP) is 0.758. The van der Waals surface area contributed by atoms with E-state index in [4.69, 9.17) is 0 Å². The highest BCUT2D eigenvalue weighted by atomic mass is 16.1. The average molecular weight is 214 g/mol. The lowest BCUT2D eigenvalue weighted by molar-refractivity contribution is 0.0977. The molecule has 16 heavy (non-hydrogen) atoms. The topological polar surface area (TPSA) is 70.7 Å². The van der Waals surface area contributed by atoms with Crippen LogP contribution in [0.5, 0.6) is 0 Å². The summed E-state index contributed by atoms with van der Waals surface area (Å²) >= 11 is 0. The van der Waals surface area contributed by atoms with E-state index in [1.807, 2.05) is 12.1 Å². The van der Waals surface area contributed by atoms with Crippen LogP contribution in [0.3, 0.4) is 0 Å². The molecule has 0 saturated carbocycles. The molecule has 0 unspecified atom stereocenters. The summed E-state index contributed by atoms with van der Waals surface area (Å²) in [6, 6.07) is 3.76. The molecule has 1 aliphatic rings. The first-order chi connectivity index (χ1) is 7.84. The zero-order valence-electron chi connectivity index (χ0n) is 8.53. The van der Waals surface area contributed by atoms with Crippen LogP contribution >= 0.6 is 0 Å². The lowest BCUT2D eigenvalue weighted by Crippen LogP contribution is -2.29. The van der Waals surface area contributed by atoms with Crippen molar-refractivity contribution in [2.24, 2.45) is 0 Å². The van der Waals surface area contributed by atoms with Gasteiger partial charge in [-0.15, -0.1) is 0 Å². The number of hydrogen-bond donors (Lipinski definition) is 2. The van der Waals surface area contributed by atoms with Crippen molar-refractivity contribution in [1.29, 1.82) is 0 Å². The lowest BCUT2D eigenvalue weighted by atomic mass is 10.2. The second-order valence-corrected chi connectivity index (χ2v) is 3.68. The molecule has 3 heterocycles. The van der Waals surface area contributed by atoms with Crippen LogP contribution in [0.4, 0.5) is 0 Å². The summed E-state index contributed by atoms with van der Waals surface area (Å²) in [4.78, 5) is 23.1. The van der Waals surface area contributed by atoms with Gasteiger partial charge in [0.05, 0.1) is 12.2 Å². The Labute approximate surface area is 91.9 Å². The molecule has 0 atom stereocenters. The molecule has 5 nitrogen and oxygen atoms in total. The molecule has 0 amide bonds. The van der Waals surface area contributed by atoms with Crippen molar-refractivity contribution in [3.8, 4) is 11.4 Å². The summed E-state index contributed by atoms with van der Waals surface area (Å²) in [5, 5.41) is 3.02. The Bertz CT molecular complexity index is 532. The number of pyridine rings is 1.